The number of thiocarbonyl (C=S) groups is 1. The Labute approximate surface area is 190 Å². The van der Waals surface area contributed by atoms with E-state index in [4.69, 9.17) is 17.0 Å². The van der Waals surface area contributed by atoms with Crippen molar-refractivity contribution in [3.63, 3.8) is 0 Å². The third kappa shape index (κ3) is 5.36. The number of aliphatic hydroxyl groups excluding tert-OH is 1. The zero-order valence-electron chi connectivity index (χ0n) is 17.3. The van der Waals surface area contributed by atoms with Crippen LogP contribution in [-0.4, -0.2) is 70.9 Å². The molecule has 4 rings (SSSR count). The summed E-state index contributed by atoms with van der Waals surface area (Å²) in [5.41, 5.74) is 2.84. The van der Waals surface area contributed by atoms with Crippen LogP contribution < -0.4 is 9.75 Å². The monoisotopic (exact) mass is 460 g/mol. The Kier molecular flexibility index (Phi) is 7.09. The first-order valence-corrected chi connectivity index (χ1v) is 11.5. The number of piperazine rings is 1. The standard InChI is InChI=1S/C22H25FN4O2S2/c1-16-24-20-12-18(6-7-22(20)31-16)29-14-17(28)13-25-8-10-26(11-9-25)27(15-30)21-5-3-2-4-19(21)23/h2-7,12,15,17,28H,8-11,13-14H2,1H3/t17-/m1/s1. The number of ether oxygens (including phenoxy) is 1. The van der Waals surface area contributed by atoms with E-state index in [1.807, 2.05) is 30.1 Å². The van der Waals surface area contributed by atoms with E-state index in [9.17, 15) is 9.50 Å². The normalized spacial score (nSPS) is 16.4. The van der Waals surface area contributed by atoms with Gasteiger partial charge >= 0.3 is 0 Å². The van der Waals surface area contributed by atoms with Gasteiger partial charge < -0.3 is 9.84 Å². The van der Waals surface area contributed by atoms with Gasteiger partial charge in [-0.25, -0.2) is 14.4 Å². The molecule has 1 aliphatic rings. The van der Waals surface area contributed by atoms with Crippen LogP contribution in [0.15, 0.2) is 42.5 Å². The molecule has 3 aromatic rings. The van der Waals surface area contributed by atoms with Crippen molar-refractivity contribution in [1.29, 1.82) is 0 Å². The molecule has 0 bridgehead atoms. The molecule has 1 aliphatic heterocycles. The van der Waals surface area contributed by atoms with Crippen molar-refractivity contribution in [2.75, 3.05) is 44.3 Å². The number of benzene rings is 2. The number of hydrazine groups is 1. The second-order valence-electron chi connectivity index (χ2n) is 7.48. The molecule has 31 heavy (non-hydrogen) atoms. The molecule has 0 radical (unpaired) electrons. The van der Waals surface area contributed by atoms with Gasteiger partial charge in [-0.3, -0.25) is 9.91 Å². The van der Waals surface area contributed by atoms with Crippen molar-refractivity contribution in [2.24, 2.45) is 0 Å². The number of nitrogens with zero attached hydrogens (tertiary/aromatic N) is 4. The van der Waals surface area contributed by atoms with Crippen molar-refractivity contribution < 1.29 is 14.2 Å². The SMILES string of the molecule is Cc1nc2cc(OC[C@H](O)CN3CCN(N(C=S)c4ccccc4F)CC3)ccc2s1. The maximum Gasteiger partial charge on any atom is 0.148 e. The molecule has 1 aromatic heterocycles. The number of halogens is 1. The number of para-hydroxylation sites is 1. The predicted octanol–water partition coefficient (Wildman–Crippen LogP) is 3.48. The first kappa shape index (κ1) is 22.0. The Morgan fingerprint density at radius 2 is 2.03 bits per heavy atom. The Hall–Kier alpha value is -2.17. The zero-order valence-corrected chi connectivity index (χ0v) is 18.9. The van der Waals surface area contributed by atoms with Crippen molar-refractivity contribution in [2.45, 2.75) is 13.0 Å². The first-order valence-electron chi connectivity index (χ1n) is 10.2. The van der Waals surface area contributed by atoms with E-state index < -0.39 is 6.10 Å². The number of β-amino-alcohol motifs (C(OH)–C–C–N with tert-alkyl or cyclic N) is 1. The molecule has 164 valence electrons. The first-order chi connectivity index (χ1) is 15.0. The number of thiazole rings is 1. The van der Waals surface area contributed by atoms with E-state index in [1.54, 1.807) is 34.5 Å². The summed E-state index contributed by atoms with van der Waals surface area (Å²) in [4.78, 5) is 6.66. The van der Waals surface area contributed by atoms with Crippen LogP contribution in [0.2, 0.25) is 0 Å². The molecule has 1 fully saturated rings. The van der Waals surface area contributed by atoms with Crippen molar-refractivity contribution in [1.82, 2.24) is 14.9 Å². The van der Waals surface area contributed by atoms with Gasteiger partial charge in [-0.2, -0.15) is 0 Å². The highest BCUT2D eigenvalue weighted by Gasteiger charge is 2.24. The van der Waals surface area contributed by atoms with Gasteiger partial charge in [-0.05, 0) is 31.2 Å². The average Bonchev–Trinajstić information content (AvgIpc) is 3.14. The highest BCUT2D eigenvalue weighted by atomic mass is 32.1. The van der Waals surface area contributed by atoms with Gasteiger partial charge in [0.1, 0.15) is 24.3 Å². The van der Waals surface area contributed by atoms with Gasteiger partial charge in [0.25, 0.3) is 0 Å². The summed E-state index contributed by atoms with van der Waals surface area (Å²) in [5.74, 6) is 0.410. The van der Waals surface area contributed by atoms with E-state index >= 15 is 0 Å². The summed E-state index contributed by atoms with van der Waals surface area (Å²) < 4.78 is 21.1. The van der Waals surface area contributed by atoms with Crippen LogP contribution in [0.5, 0.6) is 5.75 Å². The van der Waals surface area contributed by atoms with Crippen molar-refractivity contribution in [3.05, 3.63) is 53.3 Å². The number of fused-ring (bicyclic) bond motifs is 1. The van der Waals surface area contributed by atoms with Crippen LogP contribution in [0.25, 0.3) is 10.2 Å². The predicted molar refractivity (Wildman–Crippen MR) is 126 cm³/mol. The van der Waals surface area contributed by atoms with E-state index in [-0.39, 0.29) is 12.4 Å². The highest BCUT2D eigenvalue weighted by Crippen LogP contribution is 2.25. The van der Waals surface area contributed by atoms with Crippen LogP contribution in [-0.2, 0) is 0 Å². The molecule has 9 heteroatoms. The van der Waals surface area contributed by atoms with Crippen LogP contribution in [0.3, 0.4) is 0 Å². The third-order valence-corrected chi connectivity index (χ3v) is 6.38. The Morgan fingerprint density at radius 1 is 1.26 bits per heavy atom. The third-order valence-electron chi connectivity index (χ3n) is 5.23. The second-order valence-corrected chi connectivity index (χ2v) is 8.93. The molecule has 0 amide bonds. The molecule has 2 heterocycles. The number of hydrogen-bond acceptors (Lipinski definition) is 7. The highest BCUT2D eigenvalue weighted by molar-refractivity contribution is 7.79. The number of aliphatic hydroxyl groups is 1. The molecule has 1 N–H and O–H groups in total. The fraction of sp³-hybridized carbons (Fsp3) is 0.364. The van der Waals surface area contributed by atoms with E-state index in [2.05, 4.69) is 9.88 Å². The summed E-state index contributed by atoms with van der Waals surface area (Å²) in [7, 11) is 0. The molecule has 0 spiro atoms. The maximum absolute atomic E-state index is 14.1. The molecule has 0 saturated carbocycles. The number of rotatable bonds is 8. The van der Waals surface area contributed by atoms with Gasteiger partial charge in [0, 0.05) is 38.8 Å². The number of aromatic nitrogens is 1. The lowest BCUT2D eigenvalue weighted by Gasteiger charge is -2.40. The minimum atomic E-state index is -0.604. The molecular weight excluding hydrogens is 435 g/mol. The van der Waals surface area contributed by atoms with Crippen LogP contribution in [0, 0.1) is 12.7 Å². The Bertz CT molecular complexity index is 1040. The molecular formula is C22H25FN4O2S2. The maximum atomic E-state index is 14.1. The number of anilines is 1. The Morgan fingerprint density at radius 3 is 2.77 bits per heavy atom. The Balaban J connectivity index is 1.26. The van der Waals surface area contributed by atoms with Crippen molar-refractivity contribution in [3.8, 4) is 5.75 Å². The minimum Gasteiger partial charge on any atom is -0.491 e. The van der Waals surface area contributed by atoms with Gasteiger partial charge in [0.05, 0.1) is 26.4 Å². The molecule has 1 atom stereocenters. The number of aryl methyl sites for hydroxylation is 1. The minimum absolute atomic E-state index is 0.218. The quantitative estimate of drug-likeness (QED) is 0.517. The van der Waals surface area contributed by atoms with Gasteiger partial charge in [-0.1, -0.05) is 24.4 Å². The molecule has 0 aliphatic carbocycles. The van der Waals surface area contributed by atoms with Gasteiger partial charge in [-0.15, -0.1) is 11.3 Å². The van der Waals surface area contributed by atoms with E-state index in [1.165, 1.54) is 11.6 Å². The summed E-state index contributed by atoms with van der Waals surface area (Å²) in [6.07, 6.45) is -0.604. The molecule has 1 saturated heterocycles. The summed E-state index contributed by atoms with van der Waals surface area (Å²) in [6.45, 7) is 5.59. The van der Waals surface area contributed by atoms with E-state index in [0.717, 1.165) is 28.3 Å². The topological polar surface area (TPSA) is 52.1 Å². The molecule has 6 nitrogen and oxygen atoms in total. The smallest absolute Gasteiger partial charge is 0.148 e. The largest absolute Gasteiger partial charge is 0.491 e. The fourth-order valence-corrected chi connectivity index (χ4v) is 4.76. The average molecular weight is 461 g/mol. The molecule has 0 unspecified atom stereocenters. The van der Waals surface area contributed by atoms with Gasteiger partial charge in [0.15, 0.2) is 0 Å². The summed E-state index contributed by atoms with van der Waals surface area (Å²) in [6, 6.07) is 12.4. The van der Waals surface area contributed by atoms with E-state index in [0.29, 0.717) is 31.1 Å². The second kappa shape index (κ2) is 9.97. The lowest BCUT2D eigenvalue weighted by molar-refractivity contribution is 0.0469. The van der Waals surface area contributed by atoms with Crippen LogP contribution in [0.1, 0.15) is 5.01 Å². The lowest BCUT2D eigenvalue weighted by atomic mass is 10.2. The molecule has 2 aromatic carbocycles. The zero-order chi connectivity index (χ0) is 21.8. The van der Waals surface area contributed by atoms with Crippen LogP contribution >= 0.6 is 23.6 Å². The van der Waals surface area contributed by atoms with Crippen LogP contribution in [0.4, 0.5) is 10.1 Å². The summed E-state index contributed by atoms with van der Waals surface area (Å²) >= 11 is 6.78. The lowest BCUT2D eigenvalue weighted by Crippen LogP contribution is -2.55. The van der Waals surface area contributed by atoms with Gasteiger partial charge in [0.2, 0.25) is 0 Å². The summed E-state index contributed by atoms with van der Waals surface area (Å²) in [5, 5.41) is 15.2. The number of hydrogen-bond donors (Lipinski definition) is 1. The fourth-order valence-electron chi connectivity index (χ4n) is 3.70. The van der Waals surface area contributed by atoms with Crippen molar-refractivity contribution >= 4 is 45.0 Å².